The summed E-state index contributed by atoms with van der Waals surface area (Å²) in [6, 6.07) is 5.86. The molecule has 0 heterocycles. The Bertz CT molecular complexity index is 570. The lowest BCUT2D eigenvalue weighted by Crippen LogP contribution is -2.29. The van der Waals surface area contributed by atoms with Crippen LogP contribution in [0.1, 0.15) is 43.7 Å². The molecule has 1 fully saturated rings. The Labute approximate surface area is 137 Å². The van der Waals surface area contributed by atoms with Crippen molar-refractivity contribution >= 4 is 11.9 Å². The van der Waals surface area contributed by atoms with Gasteiger partial charge in [0.2, 0.25) is 5.91 Å². The van der Waals surface area contributed by atoms with E-state index in [1.807, 2.05) is 25.1 Å². The van der Waals surface area contributed by atoms with Crippen LogP contribution in [0.3, 0.4) is 0 Å². The fourth-order valence-electron chi connectivity index (χ4n) is 2.95. The molecule has 0 spiro atoms. The molecule has 2 N–H and O–H groups in total. The first-order valence-electron chi connectivity index (χ1n) is 8.24. The monoisotopic (exact) mass is 319 g/mol. The molecule has 2 rings (SSSR count). The van der Waals surface area contributed by atoms with E-state index in [2.05, 4.69) is 12.2 Å². The summed E-state index contributed by atoms with van der Waals surface area (Å²) in [5.41, 5.74) is 2.13. The van der Waals surface area contributed by atoms with Gasteiger partial charge in [0.25, 0.3) is 0 Å². The number of carbonyl (C=O) groups excluding carboxylic acids is 1. The SMILES string of the molecule is CCCOc1ccc(CNC(=O)[C@@H]2CC[C@H](C(=O)O)C2)c(C)c1. The van der Waals surface area contributed by atoms with Gasteiger partial charge in [0, 0.05) is 12.5 Å². The van der Waals surface area contributed by atoms with E-state index < -0.39 is 5.97 Å². The zero-order valence-electron chi connectivity index (χ0n) is 13.8. The third-order valence-corrected chi connectivity index (χ3v) is 4.39. The predicted molar refractivity (Wildman–Crippen MR) is 87.3 cm³/mol. The summed E-state index contributed by atoms with van der Waals surface area (Å²) in [6.07, 6.45) is 2.67. The Morgan fingerprint density at radius 2 is 2.04 bits per heavy atom. The van der Waals surface area contributed by atoms with Crippen LogP contribution in [0.15, 0.2) is 18.2 Å². The lowest BCUT2D eigenvalue weighted by molar-refractivity contribution is -0.141. The predicted octanol–water partition coefficient (Wildman–Crippen LogP) is 2.90. The standard InChI is InChI=1S/C18H25NO4/c1-3-8-23-16-7-6-15(12(2)9-16)11-19-17(20)13-4-5-14(10-13)18(21)22/h6-7,9,13-14H,3-5,8,10-11H2,1-2H3,(H,19,20)(H,21,22)/t13-,14+/m1/s1. The van der Waals surface area contributed by atoms with Gasteiger partial charge in [-0.25, -0.2) is 0 Å². The summed E-state index contributed by atoms with van der Waals surface area (Å²) in [4.78, 5) is 23.1. The van der Waals surface area contributed by atoms with Gasteiger partial charge >= 0.3 is 5.97 Å². The second kappa shape index (κ2) is 7.99. The van der Waals surface area contributed by atoms with Crippen LogP contribution in [0.25, 0.3) is 0 Å². The number of carboxylic acids is 1. The molecule has 1 saturated carbocycles. The van der Waals surface area contributed by atoms with E-state index in [9.17, 15) is 9.59 Å². The smallest absolute Gasteiger partial charge is 0.306 e. The number of hydrogen-bond donors (Lipinski definition) is 2. The fourth-order valence-corrected chi connectivity index (χ4v) is 2.95. The quantitative estimate of drug-likeness (QED) is 0.810. The fraction of sp³-hybridized carbons (Fsp3) is 0.556. The van der Waals surface area contributed by atoms with Crippen LogP contribution in [0.4, 0.5) is 0 Å². The molecule has 0 aromatic heterocycles. The van der Waals surface area contributed by atoms with Crippen LogP contribution in [-0.4, -0.2) is 23.6 Å². The first-order chi connectivity index (χ1) is 11.0. The zero-order valence-corrected chi connectivity index (χ0v) is 13.8. The van der Waals surface area contributed by atoms with Gasteiger partial charge in [0.05, 0.1) is 12.5 Å². The number of carboxylic acid groups (broad SMARTS) is 1. The van der Waals surface area contributed by atoms with Gasteiger partial charge < -0.3 is 15.2 Å². The maximum absolute atomic E-state index is 12.2. The van der Waals surface area contributed by atoms with Gasteiger partial charge in [-0.2, -0.15) is 0 Å². The van der Waals surface area contributed by atoms with E-state index in [0.717, 1.165) is 23.3 Å². The minimum Gasteiger partial charge on any atom is -0.494 e. The summed E-state index contributed by atoms with van der Waals surface area (Å²) in [7, 11) is 0. The Hall–Kier alpha value is -2.04. The Kier molecular flexibility index (Phi) is 6.02. The van der Waals surface area contributed by atoms with Crippen molar-refractivity contribution in [1.29, 1.82) is 0 Å². The van der Waals surface area contributed by atoms with Crippen molar-refractivity contribution in [3.05, 3.63) is 29.3 Å². The number of ether oxygens (including phenoxy) is 1. The number of aryl methyl sites for hydroxylation is 1. The van der Waals surface area contributed by atoms with Gasteiger partial charge in [0.15, 0.2) is 0 Å². The molecule has 1 aliphatic carbocycles. The Balaban J connectivity index is 1.86. The molecule has 0 radical (unpaired) electrons. The second-order valence-electron chi connectivity index (χ2n) is 6.20. The van der Waals surface area contributed by atoms with Crippen LogP contribution < -0.4 is 10.1 Å². The first kappa shape index (κ1) is 17.3. The van der Waals surface area contributed by atoms with Crippen LogP contribution in [0.2, 0.25) is 0 Å². The molecule has 0 unspecified atom stereocenters. The highest BCUT2D eigenvalue weighted by atomic mass is 16.5. The van der Waals surface area contributed by atoms with Gasteiger partial charge in [0.1, 0.15) is 5.75 Å². The number of benzene rings is 1. The van der Waals surface area contributed by atoms with Crippen molar-refractivity contribution in [2.45, 2.75) is 46.1 Å². The average molecular weight is 319 g/mol. The van der Waals surface area contributed by atoms with Crippen molar-refractivity contribution in [1.82, 2.24) is 5.32 Å². The van der Waals surface area contributed by atoms with E-state index in [0.29, 0.717) is 32.4 Å². The summed E-state index contributed by atoms with van der Waals surface area (Å²) in [6.45, 7) is 5.22. The number of carbonyl (C=O) groups is 2. The molecular formula is C18H25NO4. The summed E-state index contributed by atoms with van der Waals surface area (Å²) in [5.74, 6) is -0.538. The van der Waals surface area contributed by atoms with E-state index >= 15 is 0 Å². The van der Waals surface area contributed by atoms with Crippen LogP contribution in [-0.2, 0) is 16.1 Å². The molecular weight excluding hydrogens is 294 g/mol. The lowest BCUT2D eigenvalue weighted by atomic mass is 10.0. The Morgan fingerprint density at radius 1 is 1.30 bits per heavy atom. The average Bonchev–Trinajstić information content (AvgIpc) is 3.02. The minimum atomic E-state index is -0.793. The number of rotatable bonds is 7. The molecule has 0 saturated heterocycles. The Morgan fingerprint density at radius 3 is 2.65 bits per heavy atom. The largest absolute Gasteiger partial charge is 0.494 e. The molecule has 1 aromatic rings. The highest BCUT2D eigenvalue weighted by molar-refractivity contribution is 5.80. The van der Waals surface area contributed by atoms with Crippen LogP contribution >= 0.6 is 0 Å². The highest BCUT2D eigenvalue weighted by Gasteiger charge is 2.33. The number of aliphatic carboxylic acids is 1. The van der Waals surface area contributed by atoms with Crippen molar-refractivity contribution in [3.63, 3.8) is 0 Å². The second-order valence-corrected chi connectivity index (χ2v) is 6.20. The van der Waals surface area contributed by atoms with E-state index in [-0.39, 0.29) is 17.7 Å². The normalized spacial score (nSPS) is 20.3. The maximum atomic E-state index is 12.2. The van der Waals surface area contributed by atoms with Gasteiger partial charge in [-0.05, 0) is 55.9 Å². The first-order valence-corrected chi connectivity index (χ1v) is 8.24. The third-order valence-electron chi connectivity index (χ3n) is 4.39. The molecule has 126 valence electrons. The van der Waals surface area contributed by atoms with Crippen molar-refractivity contribution in [2.24, 2.45) is 11.8 Å². The summed E-state index contributed by atoms with van der Waals surface area (Å²) in [5, 5.41) is 11.9. The lowest BCUT2D eigenvalue weighted by Gasteiger charge is -2.13. The summed E-state index contributed by atoms with van der Waals surface area (Å²) >= 11 is 0. The maximum Gasteiger partial charge on any atom is 0.306 e. The molecule has 5 nitrogen and oxygen atoms in total. The van der Waals surface area contributed by atoms with Crippen LogP contribution in [0, 0.1) is 18.8 Å². The molecule has 5 heteroatoms. The van der Waals surface area contributed by atoms with E-state index in [1.54, 1.807) is 0 Å². The molecule has 1 amide bonds. The van der Waals surface area contributed by atoms with Crippen LogP contribution in [0.5, 0.6) is 5.75 Å². The molecule has 1 aliphatic rings. The highest BCUT2D eigenvalue weighted by Crippen LogP contribution is 2.31. The molecule has 1 aromatic carbocycles. The number of hydrogen-bond acceptors (Lipinski definition) is 3. The van der Waals surface area contributed by atoms with E-state index in [4.69, 9.17) is 9.84 Å². The summed E-state index contributed by atoms with van der Waals surface area (Å²) < 4.78 is 5.59. The van der Waals surface area contributed by atoms with Crippen molar-refractivity contribution in [2.75, 3.05) is 6.61 Å². The van der Waals surface area contributed by atoms with Gasteiger partial charge in [-0.1, -0.05) is 13.0 Å². The minimum absolute atomic E-state index is 0.0422. The molecule has 0 bridgehead atoms. The van der Waals surface area contributed by atoms with Gasteiger partial charge in [-0.15, -0.1) is 0 Å². The third kappa shape index (κ3) is 4.71. The molecule has 23 heavy (non-hydrogen) atoms. The van der Waals surface area contributed by atoms with Crippen molar-refractivity contribution in [3.8, 4) is 5.75 Å². The van der Waals surface area contributed by atoms with Crippen molar-refractivity contribution < 1.29 is 19.4 Å². The van der Waals surface area contributed by atoms with E-state index in [1.165, 1.54) is 0 Å². The topological polar surface area (TPSA) is 75.6 Å². The molecule has 2 atom stereocenters. The number of amides is 1. The zero-order chi connectivity index (χ0) is 16.8. The molecule has 0 aliphatic heterocycles. The van der Waals surface area contributed by atoms with Gasteiger partial charge in [-0.3, -0.25) is 9.59 Å². The number of nitrogens with one attached hydrogen (secondary N) is 1.